The molecule has 0 aliphatic heterocycles. The fourth-order valence-electron chi connectivity index (χ4n) is 0.901. The zero-order valence-corrected chi connectivity index (χ0v) is 10.4. The highest BCUT2D eigenvalue weighted by Crippen LogP contribution is 2.52. The van der Waals surface area contributed by atoms with E-state index in [2.05, 4.69) is 4.74 Å². The Morgan fingerprint density at radius 2 is 1.00 bits per heavy atom. The van der Waals surface area contributed by atoms with Gasteiger partial charge in [0.2, 0.25) is 0 Å². The second kappa shape index (κ2) is 6.01. The van der Waals surface area contributed by atoms with Crippen LogP contribution in [0.4, 0.5) is 65.9 Å². The Morgan fingerprint density at radius 3 is 1.29 bits per heavy atom. The van der Waals surface area contributed by atoms with Gasteiger partial charge in [0.15, 0.2) is 0 Å². The predicted octanol–water partition coefficient (Wildman–Crippen LogP) is 4.96. The van der Waals surface area contributed by atoms with Crippen molar-refractivity contribution in [2.24, 2.45) is 0 Å². The number of hydrogen-bond donors (Lipinski definition) is 0. The van der Waals surface area contributed by atoms with Gasteiger partial charge in [-0.1, -0.05) is 0 Å². The van der Waals surface area contributed by atoms with Gasteiger partial charge in [0.05, 0.1) is 0 Å². The molecule has 1 atom stereocenters. The predicted molar refractivity (Wildman–Crippen MR) is 42.7 cm³/mol. The van der Waals surface area contributed by atoms with E-state index in [-0.39, 0.29) is 0 Å². The molecule has 0 aromatic rings. The molecule has 1 unspecified atom stereocenters. The van der Waals surface area contributed by atoms with Gasteiger partial charge >= 0.3 is 36.2 Å². The van der Waals surface area contributed by atoms with Gasteiger partial charge in [-0.2, -0.15) is 61.5 Å². The number of alkyl halides is 15. The normalized spacial score (nSPS) is 17.1. The van der Waals surface area contributed by atoms with E-state index in [0.29, 0.717) is 0 Å². The minimum Gasteiger partial charge on any atom is -0.311 e. The van der Waals surface area contributed by atoms with Crippen LogP contribution in [-0.4, -0.2) is 49.0 Å². The van der Waals surface area contributed by atoms with E-state index in [9.17, 15) is 65.9 Å². The first-order valence-corrected chi connectivity index (χ1v) is 5.04. The fourth-order valence-corrected chi connectivity index (χ4v) is 0.901. The van der Waals surface area contributed by atoms with E-state index in [0.717, 1.165) is 0 Å². The molecule has 0 amide bonds. The maximum Gasteiger partial charge on any atom is 0.459 e. The van der Waals surface area contributed by atoms with E-state index in [1.54, 1.807) is 0 Å². The van der Waals surface area contributed by atoms with Gasteiger partial charge in [0.25, 0.3) is 6.17 Å². The molecule has 0 aliphatic carbocycles. The highest BCUT2D eigenvalue weighted by molar-refractivity contribution is 4.99. The van der Waals surface area contributed by atoms with Gasteiger partial charge in [-0.3, -0.25) is 0 Å². The number of halogens is 15. The molecule has 0 saturated carbocycles. The summed E-state index contributed by atoms with van der Waals surface area (Å²) in [6, 6.07) is 0. The Balaban J connectivity index is 5.44. The van der Waals surface area contributed by atoms with Crippen molar-refractivity contribution in [2.45, 2.75) is 42.4 Å². The smallest absolute Gasteiger partial charge is 0.311 e. The summed E-state index contributed by atoms with van der Waals surface area (Å²) in [5.41, 5.74) is 0. The average Bonchev–Trinajstić information content (AvgIpc) is 2.32. The summed E-state index contributed by atoms with van der Waals surface area (Å²) in [6.07, 6.45) is -26.3. The van der Waals surface area contributed by atoms with Crippen LogP contribution < -0.4 is 0 Å². The van der Waals surface area contributed by atoms with Gasteiger partial charge in [-0.05, 0) is 0 Å². The summed E-state index contributed by atoms with van der Waals surface area (Å²) < 4.78 is 184. The maximum absolute atomic E-state index is 12.7. The second-order valence-electron chi connectivity index (χ2n) is 4.11. The first-order chi connectivity index (χ1) is 10.1. The summed E-state index contributed by atoms with van der Waals surface area (Å²) in [7, 11) is 0. The fraction of sp³-hybridized carbons (Fsp3) is 1.00. The van der Waals surface area contributed by atoms with Crippen LogP contribution in [0.25, 0.3) is 0 Å². The molecule has 0 aromatic carbocycles. The molecule has 0 bridgehead atoms. The molecule has 0 aromatic heterocycles. The second-order valence-corrected chi connectivity index (χ2v) is 4.11. The van der Waals surface area contributed by atoms with Crippen molar-refractivity contribution in [1.29, 1.82) is 0 Å². The van der Waals surface area contributed by atoms with Gasteiger partial charge in [-0.15, -0.1) is 0 Å². The van der Waals surface area contributed by atoms with Crippen LogP contribution in [0.15, 0.2) is 0 Å². The molecule has 146 valence electrons. The molecular weight excluding hydrogens is 397 g/mol. The van der Waals surface area contributed by atoms with Crippen molar-refractivity contribution in [2.75, 3.05) is 6.61 Å². The third-order valence-electron chi connectivity index (χ3n) is 2.25. The molecule has 0 saturated heterocycles. The molecule has 0 spiro atoms. The average molecular weight is 400 g/mol. The molecule has 0 rings (SSSR count). The number of rotatable bonds is 6. The lowest BCUT2D eigenvalue weighted by Crippen LogP contribution is -2.61. The van der Waals surface area contributed by atoms with Gasteiger partial charge in [0, 0.05) is 0 Å². The lowest BCUT2D eigenvalue weighted by atomic mass is 10.1. The Morgan fingerprint density at radius 1 is 0.625 bits per heavy atom. The lowest BCUT2D eigenvalue weighted by molar-refractivity contribution is -0.406. The zero-order valence-electron chi connectivity index (χ0n) is 10.4. The van der Waals surface area contributed by atoms with Crippen LogP contribution in [0.1, 0.15) is 0 Å². The number of ether oxygens (including phenoxy) is 1. The van der Waals surface area contributed by atoms with Crippen LogP contribution in [0.3, 0.4) is 0 Å². The van der Waals surface area contributed by atoms with E-state index in [1.807, 2.05) is 0 Å². The minimum atomic E-state index is -7.40. The van der Waals surface area contributed by atoms with E-state index in [4.69, 9.17) is 0 Å². The maximum atomic E-state index is 12.7. The highest BCUT2D eigenvalue weighted by atomic mass is 19.4. The molecule has 0 N–H and O–H groups in total. The summed E-state index contributed by atoms with van der Waals surface area (Å²) in [6.45, 7) is -3.52. The summed E-state index contributed by atoms with van der Waals surface area (Å²) in [5, 5.41) is 0. The van der Waals surface area contributed by atoms with Gasteiger partial charge < -0.3 is 4.74 Å². The van der Waals surface area contributed by atoms with Crippen LogP contribution in [0, 0.1) is 0 Å². The molecular formula is C8H3F15O. The molecule has 0 heterocycles. The van der Waals surface area contributed by atoms with Crippen LogP contribution in [0.2, 0.25) is 0 Å². The molecule has 0 aliphatic rings. The monoisotopic (exact) mass is 400 g/mol. The van der Waals surface area contributed by atoms with Crippen molar-refractivity contribution >= 4 is 0 Å². The van der Waals surface area contributed by atoms with Crippen molar-refractivity contribution in [3.8, 4) is 0 Å². The summed E-state index contributed by atoms with van der Waals surface area (Å²) >= 11 is 0. The lowest BCUT2D eigenvalue weighted by Gasteiger charge is -2.33. The van der Waals surface area contributed by atoms with Crippen molar-refractivity contribution in [1.82, 2.24) is 0 Å². The molecule has 24 heavy (non-hydrogen) atoms. The standard InChI is InChI=1S/C8H3F15O/c9-2(4(12,13)6(16,17)8(21,22)23)5(14,15)24-1-3(10,11)7(18,19)20/h2H,1H2. The quantitative estimate of drug-likeness (QED) is 0.573. The Bertz CT molecular complexity index is 432. The van der Waals surface area contributed by atoms with Crippen LogP contribution >= 0.6 is 0 Å². The third-order valence-corrected chi connectivity index (χ3v) is 2.25. The topological polar surface area (TPSA) is 9.23 Å². The summed E-state index contributed by atoms with van der Waals surface area (Å²) in [4.78, 5) is 0. The minimum absolute atomic E-state index is 2.22. The van der Waals surface area contributed by atoms with Gasteiger partial charge in [-0.25, -0.2) is 4.39 Å². The van der Waals surface area contributed by atoms with Crippen molar-refractivity contribution in [3.05, 3.63) is 0 Å². The van der Waals surface area contributed by atoms with Gasteiger partial charge in [0.1, 0.15) is 6.61 Å². The Hall–Kier alpha value is -1.09. The number of hydrogen-bond acceptors (Lipinski definition) is 1. The van der Waals surface area contributed by atoms with Crippen molar-refractivity contribution in [3.63, 3.8) is 0 Å². The Kier molecular flexibility index (Phi) is 5.74. The SMILES string of the molecule is FC(C(F)(F)OCC(F)(F)C(F)(F)F)C(F)(F)C(F)(F)C(F)(F)F. The van der Waals surface area contributed by atoms with E-state index >= 15 is 0 Å². The van der Waals surface area contributed by atoms with Crippen molar-refractivity contribution < 1.29 is 70.6 Å². The molecule has 16 heteroatoms. The Labute approximate surface area is 121 Å². The van der Waals surface area contributed by atoms with E-state index in [1.165, 1.54) is 0 Å². The zero-order chi connectivity index (χ0) is 20.0. The third kappa shape index (κ3) is 4.11. The largest absolute Gasteiger partial charge is 0.459 e. The van der Waals surface area contributed by atoms with Crippen LogP contribution in [-0.2, 0) is 4.74 Å². The molecule has 0 radical (unpaired) electrons. The highest BCUT2D eigenvalue weighted by Gasteiger charge is 2.80. The molecule has 1 nitrogen and oxygen atoms in total. The first-order valence-electron chi connectivity index (χ1n) is 5.04. The van der Waals surface area contributed by atoms with E-state index < -0.39 is 49.0 Å². The van der Waals surface area contributed by atoms with Crippen LogP contribution in [0.5, 0.6) is 0 Å². The summed E-state index contributed by atoms with van der Waals surface area (Å²) in [5.74, 6) is -20.8. The molecule has 0 fully saturated rings. The first kappa shape index (κ1) is 22.9.